The number of rotatable bonds is 1. The lowest BCUT2D eigenvalue weighted by atomic mass is 9.96. The zero-order valence-electron chi connectivity index (χ0n) is 12.1. The fourth-order valence-electron chi connectivity index (χ4n) is 3.61. The first-order valence-corrected chi connectivity index (χ1v) is 7.91. The van der Waals surface area contributed by atoms with Crippen LogP contribution in [0.3, 0.4) is 0 Å². The Hall–Kier alpha value is -2.04. The molecular weight excluding hydrogens is 264 g/mol. The summed E-state index contributed by atoms with van der Waals surface area (Å²) in [5.41, 5.74) is 1.83. The molecule has 4 rings (SSSR count). The fraction of sp³-hybridized carbons (Fsp3) is 0.500. The molecule has 3 aromatic rings. The summed E-state index contributed by atoms with van der Waals surface area (Å²) in [5.74, 6) is 0. The summed E-state index contributed by atoms with van der Waals surface area (Å²) < 4.78 is 2.11. The zero-order valence-corrected chi connectivity index (χ0v) is 12.1. The molecule has 1 aliphatic carbocycles. The van der Waals surface area contributed by atoms with Crippen LogP contribution in [0.2, 0.25) is 0 Å². The zero-order chi connectivity index (χ0) is 14.2. The quantitative estimate of drug-likeness (QED) is 0.718. The maximum Gasteiger partial charge on any atom is 0.273 e. The van der Waals surface area contributed by atoms with Crippen LogP contribution < -0.4 is 5.56 Å². The Bertz CT molecular complexity index is 818. The van der Waals surface area contributed by atoms with Crippen molar-refractivity contribution in [2.24, 2.45) is 0 Å². The van der Waals surface area contributed by atoms with E-state index in [0.29, 0.717) is 11.4 Å². The number of pyridine rings is 1. The topological polar surface area (TPSA) is 66.5 Å². The van der Waals surface area contributed by atoms with Gasteiger partial charge in [0.05, 0.1) is 16.9 Å². The van der Waals surface area contributed by atoms with Gasteiger partial charge in [0.15, 0.2) is 0 Å². The minimum Gasteiger partial charge on any atom is -0.346 e. The summed E-state index contributed by atoms with van der Waals surface area (Å²) in [6.07, 6.45) is 12.3. The Kier molecular flexibility index (Phi) is 3.05. The minimum absolute atomic E-state index is 0.0253. The third-order valence-corrected chi connectivity index (χ3v) is 4.71. The van der Waals surface area contributed by atoms with E-state index in [-0.39, 0.29) is 5.56 Å². The lowest BCUT2D eigenvalue weighted by Gasteiger charge is -2.21. The van der Waals surface area contributed by atoms with Gasteiger partial charge in [0.25, 0.3) is 5.56 Å². The van der Waals surface area contributed by atoms with Gasteiger partial charge in [0.1, 0.15) is 5.65 Å². The van der Waals surface area contributed by atoms with Gasteiger partial charge in [-0.2, -0.15) is 0 Å². The first-order valence-electron chi connectivity index (χ1n) is 7.91. The van der Waals surface area contributed by atoms with E-state index in [4.69, 9.17) is 0 Å². The van der Waals surface area contributed by atoms with Crippen LogP contribution in [-0.4, -0.2) is 19.7 Å². The first-order chi connectivity index (χ1) is 10.3. The number of H-pyrrole nitrogens is 2. The Morgan fingerprint density at radius 3 is 2.67 bits per heavy atom. The van der Waals surface area contributed by atoms with E-state index < -0.39 is 0 Å². The van der Waals surface area contributed by atoms with E-state index in [1.807, 2.05) is 12.3 Å². The highest BCUT2D eigenvalue weighted by Crippen LogP contribution is 2.30. The van der Waals surface area contributed by atoms with Gasteiger partial charge in [-0.3, -0.25) is 14.6 Å². The van der Waals surface area contributed by atoms with Crippen molar-refractivity contribution in [1.82, 2.24) is 19.7 Å². The molecule has 0 saturated heterocycles. The van der Waals surface area contributed by atoms with Crippen LogP contribution in [-0.2, 0) is 0 Å². The number of hydrogen-bond donors (Lipinski definition) is 2. The van der Waals surface area contributed by atoms with Crippen LogP contribution in [0.1, 0.15) is 51.0 Å². The second kappa shape index (κ2) is 5.06. The second-order valence-electron chi connectivity index (χ2n) is 6.07. The van der Waals surface area contributed by atoms with Crippen molar-refractivity contribution in [3.63, 3.8) is 0 Å². The van der Waals surface area contributed by atoms with Crippen LogP contribution in [0.25, 0.3) is 21.9 Å². The van der Waals surface area contributed by atoms with E-state index in [2.05, 4.69) is 19.7 Å². The third-order valence-electron chi connectivity index (χ3n) is 4.71. The maximum absolute atomic E-state index is 12.2. The molecule has 110 valence electrons. The Labute approximate surface area is 122 Å². The standard InChI is InChI=1S/C16H20N4O/c21-16-13-10-18-15-12(8-9-17-15)14(13)20(19-16)11-6-4-2-1-3-5-7-11/h8-11H,1-7H2,(H,17,18)(H,19,21). The van der Waals surface area contributed by atoms with Crippen molar-refractivity contribution in [1.29, 1.82) is 0 Å². The van der Waals surface area contributed by atoms with Gasteiger partial charge in [-0.1, -0.05) is 32.1 Å². The maximum atomic E-state index is 12.2. The van der Waals surface area contributed by atoms with E-state index in [1.54, 1.807) is 6.20 Å². The van der Waals surface area contributed by atoms with Gasteiger partial charge in [0, 0.05) is 17.8 Å². The van der Waals surface area contributed by atoms with Crippen LogP contribution in [0.5, 0.6) is 0 Å². The van der Waals surface area contributed by atoms with Crippen LogP contribution in [0, 0.1) is 0 Å². The summed E-state index contributed by atoms with van der Waals surface area (Å²) in [4.78, 5) is 19.7. The monoisotopic (exact) mass is 284 g/mol. The molecule has 1 aliphatic rings. The Morgan fingerprint density at radius 1 is 1.10 bits per heavy atom. The molecule has 0 aliphatic heterocycles. The normalized spacial score (nSPS) is 18.1. The van der Waals surface area contributed by atoms with Crippen molar-refractivity contribution in [3.8, 4) is 0 Å². The highest BCUT2D eigenvalue weighted by Gasteiger charge is 2.19. The summed E-state index contributed by atoms with van der Waals surface area (Å²) >= 11 is 0. The van der Waals surface area contributed by atoms with Crippen LogP contribution in [0.15, 0.2) is 23.3 Å². The molecule has 2 N–H and O–H groups in total. The molecule has 0 unspecified atom stereocenters. The fourth-order valence-corrected chi connectivity index (χ4v) is 3.61. The van der Waals surface area contributed by atoms with Crippen LogP contribution >= 0.6 is 0 Å². The SMILES string of the molecule is O=c1[nH]n(C2CCCCCCC2)c2c1cnc1[nH]ccc12. The molecule has 0 amide bonds. The molecule has 1 saturated carbocycles. The Balaban J connectivity index is 1.90. The number of aromatic nitrogens is 4. The van der Waals surface area contributed by atoms with E-state index >= 15 is 0 Å². The van der Waals surface area contributed by atoms with Crippen molar-refractivity contribution in [2.45, 2.75) is 51.0 Å². The van der Waals surface area contributed by atoms with Gasteiger partial charge < -0.3 is 4.98 Å². The highest BCUT2D eigenvalue weighted by molar-refractivity contribution is 6.02. The molecule has 5 nitrogen and oxygen atoms in total. The molecule has 5 heteroatoms. The van der Waals surface area contributed by atoms with Gasteiger partial charge in [-0.05, 0) is 18.9 Å². The number of fused-ring (bicyclic) bond motifs is 3. The van der Waals surface area contributed by atoms with Gasteiger partial charge >= 0.3 is 0 Å². The molecular formula is C16H20N4O. The number of nitrogens with one attached hydrogen (secondary N) is 2. The van der Waals surface area contributed by atoms with Gasteiger partial charge in [-0.25, -0.2) is 4.98 Å². The third kappa shape index (κ3) is 2.07. The lowest BCUT2D eigenvalue weighted by molar-refractivity contribution is 0.355. The highest BCUT2D eigenvalue weighted by atomic mass is 16.1. The van der Waals surface area contributed by atoms with E-state index in [9.17, 15) is 4.79 Å². The van der Waals surface area contributed by atoms with Crippen molar-refractivity contribution in [3.05, 3.63) is 28.8 Å². The predicted molar refractivity (Wildman–Crippen MR) is 83.6 cm³/mol. The first kappa shape index (κ1) is 12.7. The average Bonchev–Trinajstić information content (AvgIpc) is 3.03. The molecule has 21 heavy (non-hydrogen) atoms. The van der Waals surface area contributed by atoms with Gasteiger partial charge in [0.2, 0.25) is 0 Å². The molecule has 0 atom stereocenters. The lowest BCUT2D eigenvalue weighted by Crippen LogP contribution is -2.14. The number of aromatic amines is 2. The molecule has 0 spiro atoms. The summed E-state index contributed by atoms with van der Waals surface area (Å²) in [6, 6.07) is 2.41. The van der Waals surface area contributed by atoms with Crippen LogP contribution in [0.4, 0.5) is 0 Å². The molecule has 3 aromatic heterocycles. The molecule has 0 bridgehead atoms. The van der Waals surface area contributed by atoms with E-state index in [1.165, 1.54) is 32.1 Å². The minimum atomic E-state index is -0.0253. The Morgan fingerprint density at radius 2 is 1.86 bits per heavy atom. The van der Waals surface area contributed by atoms with E-state index in [0.717, 1.165) is 29.4 Å². The largest absolute Gasteiger partial charge is 0.346 e. The average molecular weight is 284 g/mol. The second-order valence-corrected chi connectivity index (χ2v) is 6.07. The molecule has 0 aromatic carbocycles. The van der Waals surface area contributed by atoms with Crippen molar-refractivity contribution >= 4 is 21.9 Å². The summed E-state index contributed by atoms with van der Waals surface area (Å²) in [5, 5.41) is 4.79. The smallest absolute Gasteiger partial charge is 0.273 e. The summed E-state index contributed by atoms with van der Waals surface area (Å²) in [6.45, 7) is 0. The molecule has 3 heterocycles. The predicted octanol–water partition coefficient (Wildman–Crippen LogP) is 3.49. The van der Waals surface area contributed by atoms with Crippen molar-refractivity contribution in [2.75, 3.05) is 0 Å². The number of hydrogen-bond acceptors (Lipinski definition) is 2. The van der Waals surface area contributed by atoms with Crippen molar-refractivity contribution < 1.29 is 0 Å². The summed E-state index contributed by atoms with van der Waals surface area (Å²) in [7, 11) is 0. The molecule has 1 fully saturated rings. The van der Waals surface area contributed by atoms with Gasteiger partial charge in [-0.15, -0.1) is 0 Å². The molecule has 0 radical (unpaired) electrons. The number of nitrogens with zero attached hydrogens (tertiary/aromatic N) is 2.